The number of allylic oxidation sites excluding steroid dienone is 1. The van der Waals surface area contributed by atoms with Crippen LogP contribution in [0.1, 0.15) is 155 Å². The smallest absolute Gasteiger partial charge is 0.109 e. The minimum Gasteiger partial charge on any atom is -0.322 e. The Morgan fingerprint density at radius 3 is 1.42 bits per heavy atom. The predicted octanol–water partition coefficient (Wildman–Crippen LogP) is 14.0. The van der Waals surface area contributed by atoms with Crippen LogP contribution in [-0.4, -0.2) is 34.6 Å². The van der Waals surface area contributed by atoms with Gasteiger partial charge in [0.15, 0.2) is 0 Å². The first-order chi connectivity index (χ1) is 25.8. The molecule has 0 spiro atoms. The zero-order valence-corrected chi connectivity index (χ0v) is 35.1. The van der Waals surface area contributed by atoms with Crippen molar-refractivity contribution in [3.63, 3.8) is 0 Å². The van der Waals surface area contributed by atoms with Gasteiger partial charge in [-0.2, -0.15) is 0 Å². The molecule has 5 fully saturated rings. The number of rotatable bonds is 6. The first-order valence-electron chi connectivity index (χ1n) is 22.0. The van der Waals surface area contributed by atoms with Crippen LogP contribution >= 0.6 is 6.89 Å². The second kappa shape index (κ2) is 15.8. The highest BCUT2D eigenvalue weighted by atomic mass is 31.2. The van der Waals surface area contributed by atoms with Crippen molar-refractivity contribution in [2.45, 2.75) is 186 Å². The second-order valence-electron chi connectivity index (χ2n) is 18.3. The molecular formula is C50H69N2P. The molecule has 284 valence electrons. The van der Waals surface area contributed by atoms with Crippen LogP contribution in [-0.2, 0) is 0 Å². The molecule has 4 saturated carbocycles. The summed E-state index contributed by atoms with van der Waals surface area (Å²) in [7, 11) is 0. The molecular weight excluding hydrogens is 660 g/mol. The summed E-state index contributed by atoms with van der Waals surface area (Å²) >= 11 is 0. The van der Waals surface area contributed by atoms with Crippen LogP contribution in [0.3, 0.4) is 0 Å². The molecule has 1 aliphatic heterocycles. The monoisotopic (exact) mass is 729 g/mol. The maximum absolute atomic E-state index is 3.18. The highest BCUT2D eigenvalue weighted by molar-refractivity contribution is 7.78. The zero-order valence-electron chi connectivity index (χ0n) is 34.2. The fourth-order valence-electron chi connectivity index (χ4n) is 12.8. The third-order valence-corrected chi connectivity index (χ3v) is 20.7. The Bertz CT molecular complexity index is 1710. The topological polar surface area (TPSA) is 6.48 Å². The standard InChI is InChI=1S/C50H69N2P/c1-35-30-37(3)48(38(4)31-35)51-45-27-17-18-28-46(45)52(49-39(5)32-36(2)33-40(49)6)50(51)53(43-23-12-8-13-24-43,44-25-14-9-15-26-44)47-29-19-16-22-42(47)34-41-20-10-7-11-21-41/h7,10-11,20-21,30-34,43-47H,8-9,12-19,22-29H2,1-6H3. The summed E-state index contributed by atoms with van der Waals surface area (Å²) in [6.45, 7) is 12.6. The highest BCUT2D eigenvalue weighted by Gasteiger charge is 2.56. The van der Waals surface area contributed by atoms with E-state index in [4.69, 9.17) is 0 Å². The average molecular weight is 729 g/mol. The molecule has 2 nitrogen and oxygen atoms in total. The van der Waals surface area contributed by atoms with E-state index in [1.807, 2.05) is 11.1 Å². The van der Waals surface area contributed by atoms with E-state index in [9.17, 15) is 0 Å². The van der Waals surface area contributed by atoms with Gasteiger partial charge in [-0.3, -0.25) is 0 Å². The van der Waals surface area contributed by atoms with Crippen LogP contribution < -0.4 is 9.80 Å². The van der Waals surface area contributed by atoms with E-state index in [0.29, 0.717) is 17.7 Å². The fraction of sp³-hybridized carbons (Fsp3) is 0.580. The van der Waals surface area contributed by atoms with Gasteiger partial charge >= 0.3 is 0 Å². The maximum atomic E-state index is 3.18. The molecule has 3 aromatic rings. The van der Waals surface area contributed by atoms with Crippen molar-refractivity contribution in [3.8, 4) is 0 Å². The van der Waals surface area contributed by atoms with Gasteiger partial charge in [-0.05, 0) is 138 Å². The third kappa shape index (κ3) is 6.81. The highest BCUT2D eigenvalue weighted by Crippen LogP contribution is 2.73. The van der Waals surface area contributed by atoms with E-state index in [2.05, 4.69) is 112 Å². The van der Waals surface area contributed by atoms with Crippen molar-refractivity contribution in [2.75, 3.05) is 9.80 Å². The first kappa shape index (κ1) is 37.2. The minimum absolute atomic E-state index is 0.538. The van der Waals surface area contributed by atoms with Crippen LogP contribution in [0.25, 0.3) is 6.08 Å². The fourth-order valence-corrected chi connectivity index (χ4v) is 20.4. The summed E-state index contributed by atoms with van der Waals surface area (Å²) in [4.78, 5) is 6.36. The van der Waals surface area contributed by atoms with Gasteiger partial charge in [0.1, 0.15) is 5.54 Å². The van der Waals surface area contributed by atoms with Gasteiger partial charge in [0.2, 0.25) is 0 Å². The van der Waals surface area contributed by atoms with Crippen LogP contribution in [0, 0.1) is 41.5 Å². The van der Waals surface area contributed by atoms with Gasteiger partial charge in [-0.15, -0.1) is 0 Å². The molecule has 0 aromatic heterocycles. The molecule has 3 atom stereocenters. The molecule has 53 heavy (non-hydrogen) atoms. The SMILES string of the molecule is Cc1cc(C)c(N2C(=P(C3CCCCC3)(C3CCCCC3)C3CCCCC3=Cc3ccccc3)N(c3c(C)cc(C)cc3C)C3CCCCC32)c(C)c1. The average Bonchev–Trinajstić information content (AvgIpc) is 3.47. The number of fused-ring (bicyclic) bond motifs is 1. The molecule has 1 heterocycles. The lowest BCUT2D eigenvalue weighted by atomic mass is 9.88. The summed E-state index contributed by atoms with van der Waals surface area (Å²) in [5.74, 6) is 0. The number of benzene rings is 3. The second-order valence-corrected chi connectivity index (χ2v) is 22.4. The van der Waals surface area contributed by atoms with Gasteiger partial charge in [-0.25, -0.2) is 0 Å². The maximum Gasteiger partial charge on any atom is 0.109 e. The lowest BCUT2D eigenvalue weighted by Crippen LogP contribution is -2.46. The molecule has 0 N–H and O–H groups in total. The molecule has 0 radical (unpaired) electrons. The number of nitrogens with zero attached hydrogens (tertiary/aromatic N) is 2. The molecule has 3 unspecified atom stereocenters. The molecule has 3 aromatic carbocycles. The van der Waals surface area contributed by atoms with Crippen molar-refractivity contribution >= 4 is 29.9 Å². The van der Waals surface area contributed by atoms with E-state index < -0.39 is 6.89 Å². The lowest BCUT2D eigenvalue weighted by molar-refractivity contribution is 0.408. The number of hydrogen-bond acceptors (Lipinski definition) is 0. The zero-order chi connectivity index (χ0) is 36.7. The molecule has 4 aliphatic carbocycles. The van der Waals surface area contributed by atoms with Crippen LogP contribution in [0.2, 0.25) is 0 Å². The Morgan fingerprint density at radius 2 is 0.943 bits per heavy atom. The van der Waals surface area contributed by atoms with Gasteiger partial charge in [-0.1, -0.05) is 142 Å². The largest absolute Gasteiger partial charge is 0.322 e. The number of hydrogen-bond donors (Lipinski definition) is 0. The summed E-state index contributed by atoms with van der Waals surface area (Å²) in [6, 6.07) is 22.6. The molecule has 8 rings (SSSR count). The van der Waals surface area contributed by atoms with Gasteiger partial charge in [0.05, 0.1) is 12.1 Å². The predicted molar refractivity (Wildman–Crippen MR) is 235 cm³/mol. The summed E-state index contributed by atoms with van der Waals surface area (Å²) in [6.07, 6.45) is 27.8. The van der Waals surface area contributed by atoms with E-state index in [1.54, 1.807) is 11.4 Å². The first-order valence-corrected chi connectivity index (χ1v) is 24.0. The van der Waals surface area contributed by atoms with E-state index in [0.717, 1.165) is 11.3 Å². The molecule has 3 heteroatoms. The van der Waals surface area contributed by atoms with E-state index in [-0.39, 0.29) is 0 Å². The minimum atomic E-state index is -1.88. The van der Waals surface area contributed by atoms with Crippen molar-refractivity contribution in [3.05, 3.63) is 99.1 Å². The molecule has 0 bridgehead atoms. The van der Waals surface area contributed by atoms with Gasteiger partial charge < -0.3 is 9.80 Å². The molecule has 1 saturated heterocycles. The normalized spacial score (nSPS) is 25.7. The van der Waals surface area contributed by atoms with Crippen LogP contribution in [0.4, 0.5) is 11.4 Å². The number of aryl methyl sites for hydroxylation is 6. The Kier molecular flexibility index (Phi) is 11.1. The van der Waals surface area contributed by atoms with E-state index in [1.165, 1.54) is 155 Å². The van der Waals surface area contributed by atoms with Gasteiger partial charge in [0.25, 0.3) is 0 Å². The quantitative estimate of drug-likeness (QED) is 0.233. The van der Waals surface area contributed by atoms with Crippen molar-refractivity contribution in [1.82, 2.24) is 0 Å². The summed E-state index contributed by atoms with van der Waals surface area (Å²) in [5.41, 5.74) is 19.4. The Morgan fingerprint density at radius 1 is 0.509 bits per heavy atom. The van der Waals surface area contributed by atoms with E-state index >= 15 is 0 Å². The summed E-state index contributed by atoms with van der Waals surface area (Å²) < 4.78 is 0. The van der Waals surface area contributed by atoms with Crippen molar-refractivity contribution < 1.29 is 0 Å². The van der Waals surface area contributed by atoms with Gasteiger partial charge in [0, 0.05) is 17.0 Å². The number of anilines is 2. The Labute approximate surface area is 323 Å². The Hall–Kier alpha value is -2.70. The van der Waals surface area contributed by atoms with Crippen molar-refractivity contribution in [2.24, 2.45) is 0 Å². The molecule has 5 aliphatic rings. The van der Waals surface area contributed by atoms with Crippen LogP contribution in [0.5, 0.6) is 0 Å². The lowest BCUT2D eigenvalue weighted by Gasteiger charge is -2.54. The van der Waals surface area contributed by atoms with Crippen molar-refractivity contribution in [1.29, 1.82) is 0 Å². The Balaban J connectivity index is 1.56. The van der Waals surface area contributed by atoms with Crippen LogP contribution in [0.15, 0.2) is 60.2 Å². The third-order valence-electron chi connectivity index (χ3n) is 14.5. The summed E-state index contributed by atoms with van der Waals surface area (Å²) in [5, 5.41) is 0. The molecule has 0 amide bonds.